The van der Waals surface area contributed by atoms with Gasteiger partial charge in [0.15, 0.2) is 1.41 Å². The van der Waals surface area contributed by atoms with Crippen molar-refractivity contribution < 1.29 is 5.80 Å². The molecule has 2 aromatic carbocycles. The molecular formula is C18H17FN2S. The third kappa shape index (κ3) is 2.10. The fourth-order valence-corrected chi connectivity index (χ4v) is 4.00. The zero-order chi connectivity index (χ0) is 16.2. The van der Waals surface area contributed by atoms with Crippen molar-refractivity contribution >= 4 is 27.2 Å². The molecule has 4 heteroatoms. The van der Waals surface area contributed by atoms with E-state index in [1.165, 1.54) is 22.4 Å². The molecule has 0 amide bonds. The third-order valence-corrected chi connectivity index (χ3v) is 5.19. The van der Waals surface area contributed by atoms with Crippen molar-refractivity contribution in [3.05, 3.63) is 58.3 Å². The van der Waals surface area contributed by atoms with Crippen LogP contribution in [0.15, 0.2) is 35.8 Å². The number of hydrogen-bond acceptors (Lipinski definition) is 3. The van der Waals surface area contributed by atoms with Crippen LogP contribution in [0.2, 0.25) is 1.41 Å². The summed E-state index contributed by atoms with van der Waals surface area (Å²) in [6.45, 7) is 5.01. The first kappa shape index (κ1) is 12.6. The molecule has 1 aromatic heterocycles. The summed E-state index contributed by atoms with van der Waals surface area (Å²) >= 11 is 1.64. The summed E-state index contributed by atoms with van der Waals surface area (Å²) < 4.78 is 22.5. The van der Waals surface area contributed by atoms with E-state index < -0.39 is 0 Å². The number of aromatic nitrogens is 1. The number of fused-ring (bicyclic) bond motifs is 3. The minimum absolute atomic E-state index is 0.0716. The van der Waals surface area contributed by atoms with E-state index in [-0.39, 0.29) is 11.2 Å². The van der Waals surface area contributed by atoms with Crippen LogP contribution >= 0.6 is 11.3 Å². The van der Waals surface area contributed by atoms with E-state index >= 15 is 0 Å². The summed E-state index contributed by atoms with van der Waals surface area (Å²) in [5, 5.41) is 1.57. The minimum atomic E-state index is -0.218. The molecule has 0 unspecified atom stereocenters. The second-order valence-electron chi connectivity index (χ2n) is 6.46. The first-order valence-corrected chi connectivity index (χ1v) is 8.24. The average molecular weight is 313 g/mol. The Bertz CT molecular complexity index is 886. The third-order valence-electron chi connectivity index (χ3n) is 4.29. The van der Waals surface area contributed by atoms with E-state index in [0.717, 1.165) is 28.8 Å². The standard InChI is InChI=1S/C18H17FN2S/c1-18(2)9-20-14-8-12(7-11-3-5-13(19)6-4-11)17-16(15(14)18)21-10-22-17/h3-6,8,10,20H,7,9H2,1-2H3/i/hD. The van der Waals surface area contributed by atoms with Gasteiger partial charge in [0.2, 0.25) is 0 Å². The lowest BCUT2D eigenvalue weighted by atomic mass is 9.85. The highest BCUT2D eigenvalue weighted by atomic mass is 32.1. The van der Waals surface area contributed by atoms with Gasteiger partial charge in [-0.1, -0.05) is 26.0 Å². The van der Waals surface area contributed by atoms with Gasteiger partial charge in [-0.25, -0.2) is 9.37 Å². The number of anilines is 1. The van der Waals surface area contributed by atoms with E-state index in [1.807, 2.05) is 17.6 Å². The predicted octanol–water partition coefficient (Wildman–Crippen LogP) is 4.73. The van der Waals surface area contributed by atoms with Crippen molar-refractivity contribution in [1.82, 2.24) is 4.98 Å². The molecule has 0 radical (unpaired) electrons. The SMILES string of the molecule is [2H]N1CC(C)(C)c2c1cc(Cc1ccc(F)cc1)c1scnc21. The van der Waals surface area contributed by atoms with E-state index in [1.54, 1.807) is 16.6 Å². The van der Waals surface area contributed by atoms with Crippen molar-refractivity contribution in [1.29, 1.82) is 0 Å². The van der Waals surface area contributed by atoms with Crippen LogP contribution in [0, 0.1) is 5.82 Å². The highest BCUT2D eigenvalue weighted by molar-refractivity contribution is 7.17. The van der Waals surface area contributed by atoms with Gasteiger partial charge < -0.3 is 5.31 Å². The lowest BCUT2D eigenvalue weighted by Gasteiger charge is -2.18. The van der Waals surface area contributed by atoms with Gasteiger partial charge in [0.05, 0.1) is 15.7 Å². The van der Waals surface area contributed by atoms with Crippen molar-refractivity contribution in [2.75, 3.05) is 11.9 Å². The molecule has 0 spiro atoms. The van der Waals surface area contributed by atoms with Crippen LogP contribution in [-0.2, 0) is 11.8 Å². The van der Waals surface area contributed by atoms with Crippen molar-refractivity contribution in [2.24, 2.45) is 0 Å². The lowest BCUT2D eigenvalue weighted by Crippen LogP contribution is -2.19. The van der Waals surface area contributed by atoms with Crippen LogP contribution in [0.5, 0.6) is 0 Å². The van der Waals surface area contributed by atoms with Gasteiger partial charge in [-0.05, 0) is 35.7 Å². The first-order valence-electron chi connectivity index (χ1n) is 7.81. The summed E-state index contributed by atoms with van der Waals surface area (Å²) in [7, 11) is 0. The molecule has 0 atom stereocenters. The smallest absolute Gasteiger partial charge is 0.160 e. The average Bonchev–Trinajstić information content (AvgIpc) is 3.05. The molecule has 2 heterocycles. The van der Waals surface area contributed by atoms with E-state index in [4.69, 9.17) is 1.41 Å². The summed E-state index contributed by atoms with van der Waals surface area (Å²) in [5.74, 6) is -0.218. The number of thiazole rings is 1. The second-order valence-corrected chi connectivity index (χ2v) is 7.32. The van der Waals surface area contributed by atoms with Gasteiger partial charge in [-0.2, -0.15) is 0 Å². The quantitative estimate of drug-likeness (QED) is 0.740. The molecule has 22 heavy (non-hydrogen) atoms. The predicted molar refractivity (Wildman–Crippen MR) is 90.3 cm³/mol. The van der Waals surface area contributed by atoms with Gasteiger partial charge in [0.25, 0.3) is 0 Å². The Balaban J connectivity index is 1.87. The fourth-order valence-electron chi connectivity index (χ4n) is 3.18. The van der Waals surface area contributed by atoms with E-state index in [0.29, 0.717) is 6.54 Å². The molecule has 0 aliphatic carbocycles. The number of nitrogens with one attached hydrogen (secondary N) is 1. The fraction of sp³-hybridized carbons (Fsp3) is 0.278. The molecule has 2 nitrogen and oxygen atoms in total. The van der Waals surface area contributed by atoms with Crippen LogP contribution < -0.4 is 5.31 Å². The van der Waals surface area contributed by atoms with Crippen LogP contribution in [0.4, 0.5) is 10.1 Å². The molecular weight excluding hydrogens is 295 g/mol. The van der Waals surface area contributed by atoms with E-state index in [2.05, 4.69) is 24.9 Å². The van der Waals surface area contributed by atoms with E-state index in [9.17, 15) is 4.39 Å². The molecule has 0 saturated carbocycles. The minimum Gasteiger partial charge on any atom is -0.384 e. The highest BCUT2D eigenvalue weighted by Crippen LogP contribution is 2.43. The van der Waals surface area contributed by atoms with Crippen LogP contribution in [-0.4, -0.2) is 11.5 Å². The molecule has 0 bridgehead atoms. The Morgan fingerprint density at radius 2 is 2.14 bits per heavy atom. The largest absolute Gasteiger partial charge is 0.384 e. The highest BCUT2D eigenvalue weighted by Gasteiger charge is 2.33. The summed E-state index contributed by atoms with van der Waals surface area (Å²) in [4.78, 5) is 4.59. The van der Waals surface area contributed by atoms with Gasteiger partial charge in [0, 0.05) is 23.2 Å². The van der Waals surface area contributed by atoms with Crippen molar-refractivity contribution in [2.45, 2.75) is 25.7 Å². The van der Waals surface area contributed by atoms with Crippen LogP contribution in [0.3, 0.4) is 0 Å². The Morgan fingerprint density at radius 3 is 2.91 bits per heavy atom. The van der Waals surface area contributed by atoms with Crippen LogP contribution in [0.1, 0.15) is 30.5 Å². The number of nitrogens with zero attached hydrogens (tertiary/aromatic N) is 1. The normalized spacial score (nSPS) is 16.9. The molecule has 112 valence electrons. The maximum atomic E-state index is 13.1. The van der Waals surface area contributed by atoms with Gasteiger partial charge >= 0.3 is 0 Å². The Labute approximate surface area is 134 Å². The second kappa shape index (κ2) is 4.78. The number of halogens is 1. The van der Waals surface area contributed by atoms with Gasteiger partial charge in [0.1, 0.15) is 5.82 Å². The number of rotatable bonds is 2. The number of benzene rings is 2. The maximum Gasteiger partial charge on any atom is 0.160 e. The zero-order valence-corrected chi connectivity index (χ0v) is 13.4. The molecule has 1 aliphatic rings. The lowest BCUT2D eigenvalue weighted by molar-refractivity contribution is 0.590. The summed E-state index contributed by atoms with van der Waals surface area (Å²) in [5.41, 5.74) is 7.17. The Hall–Kier alpha value is -1.94. The van der Waals surface area contributed by atoms with Gasteiger partial charge in [-0.3, -0.25) is 0 Å². The Kier molecular flexibility index (Phi) is 2.74. The maximum absolute atomic E-state index is 13.1. The van der Waals surface area contributed by atoms with Crippen molar-refractivity contribution in [3.8, 4) is 0 Å². The first-order chi connectivity index (χ1) is 11.0. The summed E-state index contributed by atoms with van der Waals surface area (Å²) in [6, 6.07) is 8.73. The number of hydrogen-bond donors (Lipinski definition) is 1. The zero-order valence-electron chi connectivity index (χ0n) is 13.6. The molecule has 0 saturated heterocycles. The Morgan fingerprint density at radius 1 is 1.36 bits per heavy atom. The monoisotopic (exact) mass is 313 g/mol. The van der Waals surface area contributed by atoms with Crippen molar-refractivity contribution in [3.63, 3.8) is 0 Å². The molecule has 3 aromatic rings. The molecule has 4 rings (SSSR count). The molecule has 0 fully saturated rings. The summed E-state index contributed by atoms with van der Waals surface area (Å²) in [6.07, 6.45) is 0.723. The molecule has 1 N–H and O–H groups in total. The van der Waals surface area contributed by atoms with Gasteiger partial charge in [-0.15, -0.1) is 11.3 Å². The topological polar surface area (TPSA) is 24.9 Å². The van der Waals surface area contributed by atoms with Crippen LogP contribution in [0.25, 0.3) is 10.2 Å². The molecule has 1 aliphatic heterocycles.